The molecule has 1 N–H and O–H groups in total. The Balaban J connectivity index is 1.22. The van der Waals surface area contributed by atoms with Crippen LogP contribution < -0.4 is 5.32 Å². The van der Waals surface area contributed by atoms with Crippen molar-refractivity contribution in [2.75, 3.05) is 26.2 Å². The Labute approximate surface area is 210 Å². The predicted molar refractivity (Wildman–Crippen MR) is 136 cm³/mol. The van der Waals surface area contributed by atoms with E-state index in [4.69, 9.17) is 0 Å². The molecule has 0 unspecified atom stereocenters. The van der Waals surface area contributed by atoms with Crippen molar-refractivity contribution in [3.05, 3.63) is 29.8 Å². The Hall–Kier alpha value is -1.93. The number of aryl methyl sites for hydroxylation is 1. The van der Waals surface area contributed by atoms with Crippen LogP contribution in [0.1, 0.15) is 76.2 Å². The van der Waals surface area contributed by atoms with Gasteiger partial charge in [0.1, 0.15) is 0 Å². The fraction of sp³-hybridized carbons (Fsp3) is 0.704. The highest BCUT2D eigenvalue weighted by Crippen LogP contribution is 2.27. The zero-order chi connectivity index (χ0) is 24.8. The molecule has 0 spiro atoms. The van der Waals surface area contributed by atoms with E-state index in [1.54, 1.807) is 12.1 Å². The van der Waals surface area contributed by atoms with Gasteiger partial charge in [-0.2, -0.15) is 4.31 Å². The standard InChI is InChI=1S/C27H41N3O4S/c1-21-9-11-25(12-10-21)35(33,34)30-19-15-23(16-20-30)27(32)29-17-13-22(14-18-29)26(31)28-24-7-5-3-2-4-6-8-24/h9-12,22-24H,2-8,13-20H2,1H3,(H,28,31). The number of hydrogen-bond acceptors (Lipinski definition) is 4. The van der Waals surface area contributed by atoms with Crippen LogP contribution in [0, 0.1) is 18.8 Å². The minimum Gasteiger partial charge on any atom is -0.353 e. The number of piperidine rings is 2. The van der Waals surface area contributed by atoms with Crippen LogP contribution in [-0.4, -0.2) is 61.7 Å². The summed E-state index contributed by atoms with van der Waals surface area (Å²) in [4.78, 5) is 28.2. The third kappa shape index (κ3) is 6.64. The molecule has 2 saturated heterocycles. The maximum Gasteiger partial charge on any atom is 0.243 e. The van der Waals surface area contributed by atoms with Crippen LogP contribution in [0.25, 0.3) is 0 Å². The number of carbonyl (C=O) groups excluding carboxylic acids is 2. The average molecular weight is 504 g/mol. The molecule has 1 aromatic carbocycles. The van der Waals surface area contributed by atoms with Gasteiger partial charge in [0.05, 0.1) is 4.90 Å². The van der Waals surface area contributed by atoms with Crippen LogP contribution >= 0.6 is 0 Å². The normalized spacial score (nSPS) is 22.4. The Morgan fingerprint density at radius 3 is 1.91 bits per heavy atom. The summed E-state index contributed by atoms with van der Waals surface area (Å²) in [6.07, 6.45) is 10.9. The summed E-state index contributed by atoms with van der Waals surface area (Å²) in [6.45, 7) is 3.90. The second-order valence-electron chi connectivity index (χ2n) is 10.6. The number of nitrogens with zero attached hydrogens (tertiary/aromatic N) is 2. The van der Waals surface area contributed by atoms with E-state index in [9.17, 15) is 18.0 Å². The van der Waals surface area contributed by atoms with E-state index >= 15 is 0 Å². The van der Waals surface area contributed by atoms with Gasteiger partial charge in [0.2, 0.25) is 21.8 Å². The van der Waals surface area contributed by atoms with E-state index in [2.05, 4.69) is 5.32 Å². The molecule has 1 saturated carbocycles. The van der Waals surface area contributed by atoms with Gasteiger partial charge >= 0.3 is 0 Å². The number of sulfonamides is 1. The average Bonchev–Trinajstić information content (AvgIpc) is 2.85. The highest BCUT2D eigenvalue weighted by Gasteiger charge is 2.36. The highest BCUT2D eigenvalue weighted by atomic mass is 32.2. The molecule has 0 atom stereocenters. The third-order valence-corrected chi connectivity index (χ3v) is 10.0. The molecule has 2 aliphatic heterocycles. The first-order chi connectivity index (χ1) is 16.8. The van der Waals surface area contributed by atoms with Crippen molar-refractivity contribution in [1.29, 1.82) is 0 Å². The summed E-state index contributed by atoms with van der Waals surface area (Å²) in [7, 11) is -3.52. The van der Waals surface area contributed by atoms with E-state index in [-0.39, 0.29) is 23.7 Å². The fourth-order valence-corrected chi connectivity index (χ4v) is 7.21. The molecule has 3 fully saturated rings. The summed E-state index contributed by atoms with van der Waals surface area (Å²) in [6, 6.07) is 7.23. The van der Waals surface area contributed by atoms with Crippen LogP contribution in [0.15, 0.2) is 29.2 Å². The number of likely N-dealkylation sites (tertiary alicyclic amines) is 1. The second-order valence-corrected chi connectivity index (χ2v) is 12.6. The number of rotatable bonds is 5. The van der Waals surface area contributed by atoms with E-state index in [0.29, 0.717) is 62.8 Å². The molecule has 7 nitrogen and oxygen atoms in total. The zero-order valence-electron chi connectivity index (χ0n) is 21.1. The van der Waals surface area contributed by atoms with Gasteiger partial charge < -0.3 is 10.2 Å². The first-order valence-corrected chi connectivity index (χ1v) is 14.9. The van der Waals surface area contributed by atoms with Gasteiger partial charge in [-0.3, -0.25) is 9.59 Å². The van der Waals surface area contributed by atoms with Crippen molar-refractivity contribution >= 4 is 21.8 Å². The number of benzene rings is 1. The van der Waals surface area contributed by atoms with Crippen molar-refractivity contribution in [3.8, 4) is 0 Å². The molecule has 194 valence electrons. The molecule has 4 rings (SSSR count). The van der Waals surface area contributed by atoms with Crippen LogP contribution in [0.2, 0.25) is 0 Å². The van der Waals surface area contributed by atoms with Gasteiger partial charge in [0, 0.05) is 44.1 Å². The first kappa shape index (κ1) is 26.1. The summed E-state index contributed by atoms with van der Waals surface area (Å²) >= 11 is 0. The molecular weight excluding hydrogens is 462 g/mol. The van der Waals surface area contributed by atoms with Crippen LogP contribution in [0.5, 0.6) is 0 Å². The number of carbonyl (C=O) groups is 2. The van der Waals surface area contributed by atoms with Crippen molar-refractivity contribution < 1.29 is 18.0 Å². The molecule has 2 heterocycles. The Morgan fingerprint density at radius 2 is 1.31 bits per heavy atom. The maximum absolute atomic E-state index is 13.1. The quantitative estimate of drug-likeness (QED) is 0.661. The molecule has 0 bridgehead atoms. The van der Waals surface area contributed by atoms with E-state index < -0.39 is 10.0 Å². The van der Waals surface area contributed by atoms with Crippen molar-refractivity contribution in [1.82, 2.24) is 14.5 Å². The monoisotopic (exact) mass is 503 g/mol. The maximum atomic E-state index is 13.1. The molecule has 8 heteroatoms. The number of hydrogen-bond donors (Lipinski definition) is 1. The second kappa shape index (κ2) is 11.9. The van der Waals surface area contributed by atoms with Crippen LogP contribution in [0.3, 0.4) is 0 Å². The van der Waals surface area contributed by atoms with Gasteiger partial charge in [-0.15, -0.1) is 0 Å². The van der Waals surface area contributed by atoms with Crippen LogP contribution in [-0.2, 0) is 19.6 Å². The molecule has 1 aliphatic carbocycles. The van der Waals surface area contributed by atoms with E-state index in [0.717, 1.165) is 18.4 Å². The molecule has 2 amide bonds. The lowest BCUT2D eigenvalue weighted by Gasteiger charge is -2.37. The smallest absolute Gasteiger partial charge is 0.243 e. The lowest BCUT2D eigenvalue weighted by atomic mass is 9.91. The lowest BCUT2D eigenvalue weighted by molar-refractivity contribution is -0.140. The topological polar surface area (TPSA) is 86.8 Å². The first-order valence-electron chi connectivity index (χ1n) is 13.5. The van der Waals surface area contributed by atoms with E-state index in [1.807, 2.05) is 24.0 Å². The Kier molecular flexibility index (Phi) is 8.87. The largest absolute Gasteiger partial charge is 0.353 e. The van der Waals surface area contributed by atoms with Gasteiger partial charge in [-0.05, 0) is 57.6 Å². The minimum atomic E-state index is -3.52. The molecule has 0 radical (unpaired) electrons. The molecule has 35 heavy (non-hydrogen) atoms. The molecule has 0 aromatic heterocycles. The van der Waals surface area contributed by atoms with Crippen molar-refractivity contribution in [2.24, 2.45) is 11.8 Å². The zero-order valence-corrected chi connectivity index (χ0v) is 21.9. The van der Waals surface area contributed by atoms with Gasteiger partial charge in [0.15, 0.2) is 0 Å². The van der Waals surface area contributed by atoms with Gasteiger partial charge in [-0.1, -0.05) is 49.8 Å². The molecule has 1 aromatic rings. The summed E-state index contributed by atoms with van der Waals surface area (Å²) in [5.41, 5.74) is 1.02. The number of nitrogens with one attached hydrogen (secondary N) is 1. The van der Waals surface area contributed by atoms with Gasteiger partial charge in [-0.25, -0.2) is 8.42 Å². The molecule has 3 aliphatic rings. The molecular formula is C27H41N3O4S. The lowest BCUT2D eigenvalue weighted by Crippen LogP contribution is -2.48. The Morgan fingerprint density at radius 1 is 0.771 bits per heavy atom. The highest BCUT2D eigenvalue weighted by molar-refractivity contribution is 7.89. The van der Waals surface area contributed by atoms with Crippen molar-refractivity contribution in [2.45, 2.75) is 88.5 Å². The SMILES string of the molecule is Cc1ccc(S(=O)(=O)N2CCC(C(=O)N3CCC(C(=O)NC4CCCCCCC4)CC3)CC2)cc1. The minimum absolute atomic E-state index is 0.00834. The summed E-state index contributed by atoms with van der Waals surface area (Å²) < 4.78 is 27.4. The number of amides is 2. The van der Waals surface area contributed by atoms with Crippen molar-refractivity contribution in [3.63, 3.8) is 0 Å². The Bertz CT molecular complexity index is 955. The summed E-state index contributed by atoms with van der Waals surface area (Å²) in [5, 5.41) is 3.29. The van der Waals surface area contributed by atoms with Gasteiger partial charge in [0.25, 0.3) is 0 Å². The van der Waals surface area contributed by atoms with Crippen LogP contribution in [0.4, 0.5) is 0 Å². The fourth-order valence-electron chi connectivity index (χ4n) is 5.74. The van der Waals surface area contributed by atoms with E-state index in [1.165, 1.54) is 36.4 Å². The summed E-state index contributed by atoms with van der Waals surface area (Å²) in [5.74, 6) is 0.138. The third-order valence-electron chi connectivity index (χ3n) is 8.09. The predicted octanol–water partition coefficient (Wildman–Crippen LogP) is 3.86.